The van der Waals surface area contributed by atoms with Gasteiger partial charge in [0.2, 0.25) is 0 Å². The molecule has 1 aliphatic heterocycles. The number of para-hydroxylation sites is 1. The zero-order valence-electron chi connectivity index (χ0n) is 5.45. The highest BCUT2D eigenvalue weighted by atomic mass is 16.6. The molecule has 52 valence electrons. The van der Waals surface area contributed by atoms with Gasteiger partial charge >= 0.3 is 0 Å². The number of phenols is 1. The molecule has 2 heteroatoms. The van der Waals surface area contributed by atoms with Crippen LogP contribution in [-0.4, -0.2) is 11.7 Å². The van der Waals surface area contributed by atoms with E-state index < -0.39 is 0 Å². The lowest BCUT2D eigenvalue weighted by atomic mass is 10.1. The van der Waals surface area contributed by atoms with Crippen LogP contribution in [0.2, 0.25) is 0 Å². The van der Waals surface area contributed by atoms with Crippen molar-refractivity contribution in [1.82, 2.24) is 0 Å². The van der Waals surface area contributed by atoms with Gasteiger partial charge in [-0.2, -0.15) is 0 Å². The molecule has 1 N–H and O–H groups in total. The third-order valence-corrected chi connectivity index (χ3v) is 1.62. The van der Waals surface area contributed by atoms with Crippen molar-refractivity contribution in [3.63, 3.8) is 0 Å². The Morgan fingerprint density at radius 3 is 2.70 bits per heavy atom. The SMILES string of the molecule is Oc1ccccc1[C@H]1CO1. The summed E-state index contributed by atoms with van der Waals surface area (Å²) in [5, 5.41) is 9.24. The third-order valence-electron chi connectivity index (χ3n) is 1.62. The van der Waals surface area contributed by atoms with Crippen molar-refractivity contribution in [3.8, 4) is 5.75 Å². The van der Waals surface area contributed by atoms with E-state index in [0.29, 0.717) is 5.75 Å². The molecule has 0 aliphatic carbocycles. The van der Waals surface area contributed by atoms with Crippen molar-refractivity contribution in [2.45, 2.75) is 6.10 Å². The van der Waals surface area contributed by atoms with Crippen molar-refractivity contribution in [2.75, 3.05) is 6.61 Å². The number of epoxide rings is 1. The van der Waals surface area contributed by atoms with E-state index in [1.165, 1.54) is 0 Å². The molecule has 0 spiro atoms. The Morgan fingerprint density at radius 1 is 1.40 bits per heavy atom. The molecule has 1 aliphatic rings. The maximum Gasteiger partial charge on any atom is 0.121 e. The summed E-state index contributed by atoms with van der Waals surface area (Å²) in [5.74, 6) is 0.338. The molecule has 1 aromatic rings. The van der Waals surface area contributed by atoms with Crippen molar-refractivity contribution in [1.29, 1.82) is 0 Å². The molecule has 0 saturated carbocycles. The number of hydrogen-bond donors (Lipinski definition) is 1. The second-order valence-corrected chi connectivity index (χ2v) is 2.38. The third kappa shape index (κ3) is 0.866. The van der Waals surface area contributed by atoms with Gasteiger partial charge in [0, 0.05) is 5.56 Å². The molecule has 0 bridgehead atoms. The predicted octanol–water partition coefficient (Wildman–Crippen LogP) is 1.46. The van der Waals surface area contributed by atoms with Crippen LogP contribution in [0.4, 0.5) is 0 Å². The lowest BCUT2D eigenvalue weighted by Gasteiger charge is -1.96. The topological polar surface area (TPSA) is 32.8 Å². The van der Waals surface area contributed by atoms with Crippen LogP contribution < -0.4 is 0 Å². The van der Waals surface area contributed by atoms with Gasteiger partial charge in [-0.15, -0.1) is 0 Å². The Hall–Kier alpha value is -1.02. The molecule has 1 aromatic carbocycles. The number of hydrogen-bond acceptors (Lipinski definition) is 2. The fourth-order valence-electron chi connectivity index (χ4n) is 0.987. The van der Waals surface area contributed by atoms with Gasteiger partial charge in [0.15, 0.2) is 0 Å². The highest BCUT2D eigenvalue weighted by Gasteiger charge is 2.26. The molecular weight excluding hydrogens is 128 g/mol. The van der Waals surface area contributed by atoms with E-state index in [1.54, 1.807) is 12.1 Å². The smallest absolute Gasteiger partial charge is 0.121 e. The number of aromatic hydroxyl groups is 1. The van der Waals surface area contributed by atoms with Gasteiger partial charge in [0.05, 0.1) is 6.61 Å². The van der Waals surface area contributed by atoms with Crippen LogP contribution in [-0.2, 0) is 4.74 Å². The number of benzene rings is 1. The summed E-state index contributed by atoms with van der Waals surface area (Å²) in [4.78, 5) is 0. The molecule has 1 heterocycles. The summed E-state index contributed by atoms with van der Waals surface area (Å²) in [7, 11) is 0. The molecule has 0 unspecified atom stereocenters. The first-order valence-corrected chi connectivity index (χ1v) is 3.27. The molecule has 1 atom stereocenters. The zero-order valence-corrected chi connectivity index (χ0v) is 5.45. The standard InChI is InChI=1S/C8H8O2/c9-7-4-2-1-3-6(7)8-5-10-8/h1-4,8-9H,5H2/t8-/m1/s1. The van der Waals surface area contributed by atoms with Gasteiger partial charge in [0.1, 0.15) is 11.9 Å². The van der Waals surface area contributed by atoms with Crippen LogP contribution >= 0.6 is 0 Å². The lowest BCUT2D eigenvalue weighted by molar-refractivity contribution is 0.401. The van der Waals surface area contributed by atoms with Gasteiger partial charge < -0.3 is 9.84 Å². The van der Waals surface area contributed by atoms with Gasteiger partial charge in [-0.05, 0) is 6.07 Å². The molecule has 0 radical (unpaired) electrons. The molecule has 1 fully saturated rings. The lowest BCUT2D eigenvalue weighted by Crippen LogP contribution is -1.79. The van der Waals surface area contributed by atoms with Crippen LogP contribution in [0.15, 0.2) is 24.3 Å². The first kappa shape index (κ1) is 5.74. The average molecular weight is 136 g/mol. The summed E-state index contributed by atoms with van der Waals surface area (Å²) < 4.78 is 5.02. The van der Waals surface area contributed by atoms with E-state index in [9.17, 15) is 5.11 Å². The zero-order chi connectivity index (χ0) is 6.97. The Kier molecular flexibility index (Phi) is 1.14. The Balaban J connectivity index is 2.39. The van der Waals surface area contributed by atoms with E-state index in [4.69, 9.17) is 4.74 Å². The molecule has 2 rings (SSSR count). The monoisotopic (exact) mass is 136 g/mol. The summed E-state index contributed by atoms with van der Waals surface area (Å²) in [6, 6.07) is 7.27. The van der Waals surface area contributed by atoms with E-state index in [1.807, 2.05) is 12.1 Å². The minimum Gasteiger partial charge on any atom is -0.508 e. The Morgan fingerprint density at radius 2 is 2.10 bits per heavy atom. The fraction of sp³-hybridized carbons (Fsp3) is 0.250. The second-order valence-electron chi connectivity index (χ2n) is 2.38. The van der Waals surface area contributed by atoms with E-state index >= 15 is 0 Å². The van der Waals surface area contributed by atoms with E-state index in [0.717, 1.165) is 12.2 Å². The van der Waals surface area contributed by atoms with Gasteiger partial charge in [-0.3, -0.25) is 0 Å². The first-order chi connectivity index (χ1) is 4.88. The Bertz CT molecular complexity index is 241. The van der Waals surface area contributed by atoms with Crippen LogP contribution in [0.1, 0.15) is 11.7 Å². The highest BCUT2D eigenvalue weighted by Crippen LogP contribution is 2.34. The van der Waals surface area contributed by atoms with Crippen LogP contribution in [0.5, 0.6) is 5.75 Å². The average Bonchev–Trinajstić information content (AvgIpc) is 2.71. The fourth-order valence-corrected chi connectivity index (χ4v) is 0.987. The van der Waals surface area contributed by atoms with Crippen molar-refractivity contribution >= 4 is 0 Å². The number of phenolic OH excluding ortho intramolecular Hbond substituents is 1. The maximum atomic E-state index is 9.24. The van der Waals surface area contributed by atoms with E-state index in [-0.39, 0.29) is 6.10 Å². The Labute approximate surface area is 59.1 Å². The second kappa shape index (κ2) is 1.99. The summed E-state index contributed by atoms with van der Waals surface area (Å²) in [6.07, 6.45) is 0.154. The molecule has 2 nitrogen and oxygen atoms in total. The minimum absolute atomic E-state index is 0.154. The predicted molar refractivity (Wildman–Crippen MR) is 36.8 cm³/mol. The normalized spacial score (nSPS) is 22.6. The highest BCUT2D eigenvalue weighted by molar-refractivity contribution is 5.35. The minimum atomic E-state index is 0.154. The molecular formula is C8H8O2. The molecule has 1 saturated heterocycles. The van der Waals surface area contributed by atoms with Crippen molar-refractivity contribution in [3.05, 3.63) is 29.8 Å². The van der Waals surface area contributed by atoms with Crippen LogP contribution in [0.25, 0.3) is 0 Å². The van der Waals surface area contributed by atoms with Crippen LogP contribution in [0, 0.1) is 0 Å². The maximum absolute atomic E-state index is 9.24. The molecule has 0 amide bonds. The molecule has 0 aromatic heterocycles. The quantitative estimate of drug-likeness (QED) is 0.593. The van der Waals surface area contributed by atoms with Crippen molar-refractivity contribution < 1.29 is 9.84 Å². The van der Waals surface area contributed by atoms with Crippen molar-refractivity contribution in [2.24, 2.45) is 0 Å². The van der Waals surface area contributed by atoms with Gasteiger partial charge in [0.25, 0.3) is 0 Å². The van der Waals surface area contributed by atoms with Crippen LogP contribution in [0.3, 0.4) is 0 Å². The largest absolute Gasteiger partial charge is 0.508 e. The molecule has 10 heavy (non-hydrogen) atoms. The van der Waals surface area contributed by atoms with Gasteiger partial charge in [-0.1, -0.05) is 18.2 Å². The van der Waals surface area contributed by atoms with E-state index in [2.05, 4.69) is 0 Å². The number of ether oxygens (including phenoxy) is 1. The van der Waals surface area contributed by atoms with Gasteiger partial charge in [-0.25, -0.2) is 0 Å². The number of rotatable bonds is 1. The summed E-state index contributed by atoms with van der Waals surface area (Å²) >= 11 is 0. The summed E-state index contributed by atoms with van der Waals surface area (Å²) in [5.41, 5.74) is 0.905. The first-order valence-electron chi connectivity index (χ1n) is 3.27. The summed E-state index contributed by atoms with van der Waals surface area (Å²) in [6.45, 7) is 0.748.